The van der Waals surface area contributed by atoms with E-state index in [1.807, 2.05) is 0 Å². The van der Waals surface area contributed by atoms with E-state index in [2.05, 4.69) is 12.2 Å². The van der Waals surface area contributed by atoms with Crippen LogP contribution in [0.4, 0.5) is 11.4 Å². The summed E-state index contributed by atoms with van der Waals surface area (Å²) in [6.07, 6.45) is 8.08. The fourth-order valence-corrected chi connectivity index (χ4v) is 3.44. The largest absolute Gasteiger partial charge is 0.493 e. The molecule has 5 heteroatoms. The summed E-state index contributed by atoms with van der Waals surface area (Å²) in [6, 6.07) is 3.40. The van der Waals surface area contributed by atoms with E-state index < -0.39 is 0 Å². The van der Waals surface area contributed by atoms with Gasteiger partial charge in [-0.2, -0.15) is 0 Å². The van der Waals surface area contributed by atoms with Crippen molar-refractivity contribution in [2.24, 2.45) is 11.8 Å². The molecule has 1 aliphatic rings. The minimum Gasteiger partial charge on any atom is -0.493 e. The zero-order chi connectivity index (χ0) is 17.5. The third kappa shape index (κ3) is 4.56. The second-order valence-corrected chi connectivity index (χ2v) is 6.64. The molecule has 0 atom stereocenters. The molecule has 134 valence electrons. The highest BCUT2D eigenvalue weighted by Gasteiger charge is 2.26. The number of ether oxygens (including phenoxy) is 2. The molecule has 0 saturated heterocycles. The van der Waals surface area contributed by atoms with Crippen molar-refractivity contribution < 1.29 is 14.3 Å². The second kappa shape index (κ2) is 8.81. The Morgan fingerprint density at radius 2 is 1.79 bits per heavy atom. The lowest BCUT2D eigenvalue weighted by Gasteiger charge is -2.28. The van der Waals surface area contributed by atoms with Crippen LogP contribution >= 0.6 is 0 Å². The Kier molecular flexibility index (Phi) is 6.76. The van der Waals surface area contributed by atoms with E-state index in [1.165, 1.54) is 19.3 Å². The van der Waals surface area contributed by atoms with Gasteiger partial charge in [-0.1, -0.05) is 26.2 Å². The first kappa shape index (κ1) is 18.4. The summed E-state index contributed by atoms with van der Waals surface area (Å²) in [5.41, 5.74) is 7.10. The molecule has 0 unspecified atom stereocenters. The number of rotatable bonds is 7. The average molecular weight is 334 g/mol. The van der Waals surface area contributed by atoms with Crippen LogP contribution in [0.3, 0.4) is 0 Å². The van der Waals surface area contributed by atoms with Crippen LogP contribution in [0.1, 0.15) is 51.9 Å². The molecule has 3 N–H and O–H groups in total. The summed E-state index contributed by atoms with van der Waals surface area (Å²) in [5, 5.41) is 2.96. The number of unbranched alkanes of at least 4 members (excludes halogenated alkanes) is 1. The normalized spacial score (nSPS) is 20.5. The minimum absolute atomic E-state index is 0.0582. The smallest absolute Gasteiger partial charge is 0.227 e. The summed E-state index contributed by atoms with van der Waals surface area (Å²) in [4.78, 5) is 12.6. The summed E-state index contributed by atoms with van der Waals surface area (Å²) in [5.74, 6) is 2.05. The number of benzene rings is 1. The first-order chi connectivity index (χ1) is 11.6. The topological polar surface area (TPSA) is 73.6 Å². The third-order valence-corrected chi connectivity index (χ3v) is 5.00. The fourth-order valence-electron chi connectivity index (χ4n) is 3.44. The molecule has 1 fully saturated rings. The van der Waals surface area contributed by atoms with Gasteiger partial charge in [0, 0.05) is 18.1 Å². The molecule has 24 heavy (non-hydrogen) atoms. The first-order valence-corrected chi connectivity index (χ1v) is 8.91. The number of methoxy groups -OCH3 is 2. The van der Waals surface area contributed by atoms with Gasteiger partial charge in [0.05, 0.1) is 25.6 Å². The Morgan fingerprint density at radius 1 is 1.17 bits per heavy atom. The van der Waals surface area contributed by atoms with Crippen molar-refractivity contribution in [3.05, 3.63) is 12.1 Å². The summed E-state index contributed by atoms with van der Waals surface area (Å²) >= 11 is 0. The van der Waals surface area contributed by atoms with Gasteiger partial charge in [-0.15, -0.1) is 0 Å². The molecule has 0 bridgehead atoms. The summed E-state index contributed by atoms with van der Waals surface area (Å²) in [7, 11) is 3.13. The first-order valence-electron chi connectivity index (χ1n) is 8.91. The second-order valence-electron chi connectivity index (χ2n) is 6.64. The number of amides is 1. The van der Waals surface area contributed by atoms with Crippen molar-refractivity contribution in [1.82, 2.24) is 0 Å². The summed E-state index contributed by atoms with van der Waals surface area (Å²) < 4.78 is 10.5. The van der Waals surface area contributed by atoms with Gasteiger partial charge in [-0.3, -0.25) is 4.79 Å². The number of hydrogen-bond acceptors (Lipinski definition) is 4. The maximum atomic E-state index is 12.6. The van der Waals surface area contributed by atoms with E-state index >= 15 is 0 Å². The highest BCUT2D eigenvalue weighted by molar-refractivity contribution is 5.96. The minimum atomic E-state index is 0.0582. The Hall–Kier alpha value is -1.91. The summed E-state index contributed by atoms with van der Waals surface area (Å²) in [6.45, 7) is 2.23. The van der Waals surface area contributed by atoms with Crippen molar-refractivity contribution in [3.63, 3.8) is 0 Å². The molecule has 1 amide bonds. The zero-order valence-electron chi connectivity index (χ0n) is 15.1. The van der Waals surface area contributed by atoms with Crippen LogP contribution in [0.2, 0.25) is 0 Å². The van der Waals surface area contributed by atoms with Crippen LogP contribution < -0.4 is 20.5 Å². The highest BCUT2D eigenvalue weighted by atomic mass is 16.5. The lowest BCUT2D eigenvalue weighted by Crippen LogP contribution is -2.27. The number of carbonyl (C=O) groups is 1. The van der Waals surface area contributed by atoms with Crippen molar-refractivity contribution >= 4 is 17.3 Å². The molecule has 1 saturated carbocycles. The lowest BCUT2D eigenvalue weighted by molar-refractivity contribution is -0.121. The van der Waals surface area contributed by atoms with Crippen LogP contribution in [-0.2, 0) is 4.79 Å². The standard InChI is InChI=1S/C19H30N2O3/c1-4-5-6-13-7-9-14(10-8-13)19(22)21-16-12-18(24-3)17(23-2)11-15(16)20/h11-14H,4-10,20H2,1-3H3,(H,21,22). The molecule has 0 heterocycles. The van der Waals surface area contributed by atoms with Crippen LogP contribution in [-0.4, -0.2) is 20.1 Å². The molecule has 0 aromatic heterocycles. The van der Waals surface area contributed by atoms with Gasteiger partial charge >= 0.3 is 0 Å². The maximum Gasteiger partial charge on any atom is 0.227 e. The van der Waals surface area contributed by atoms with Crippen molar-refractivity contribution in [2.45, 2.75) is 51.9 Å². The van der Waals surface area contributed by atoms with E-state index in [0.29, 0.717) is 22.9 Å². The fraction of sp³-hybridized carbons (Fsp3) is 0.632. The highest BCUT2D eigenvalue weighted by Crippen LogP contribution is 2.36. The number of nitrogens with two attached hydrogens (primary N) is 1. The van der Waals surface area contributed by atoms with Gasteiger partial charge < -0.3 is 20.5 Å². The number of carbonyl (C=O) groups excluding carboxylic acids is 1. The van der Waals surface area contributed by atoms with E-state index in [-0.39, 0.29) is 11.8 Å². The van der Waals surface area contributed by atoms with Crippen LogP contribution in [0.5, 0.6) is 11.5 Å². The van der Waals surface area contributed by atoms with Gasteiger partial charge in [-0.25, -0.2) is 0 Å². The molecule has 1 aliphatic carbocycles. The molecule has 2 rings (SSSR count). The lowest BCUT2D eigenvalue weighted by atomic mass is 9.79. The molecule has 1 aromatic rings. The van der Waals surface area contributed by atoms with Crippen molar-refractivity contribution in [3.8, 4) is 11.5 Å². The van der Waals surface area contributed by atoms with Gasteiger partial charge in [0.15, 0.2) is 11.5 Å². The quantitative estimate of drug-likeness (QED) is 0.732. The Morgan fingerprint density at radius 3 is 2.38 bits per heavy atom. The number of anilines is 2. The van der Waals surface area contributed by atoms with Gasteiger partial charge in [0.25, 0.3) is 0 Å². The molecule has 5 nitrogen and oxygen atoms in total. The van der Waals surface area contributed by atoms with E-state index in [9.17, 15) is 4.79 Å². The van der Waals surface area contributed by atoms with E-state index in [0.717, 1.165) is 31.6 Å². The van der Waals surface area contributed by atoms with Crippen molar-refractivity contribution in [2.75, 3.05) is 25.3 Å². The Balaban J connectivity index is 1.95. The molecule has 0 aliphatic heterocycles. The number of hydrogen-bond donors (Lipinski definition) is 2. The monoisotopic (exact) mass is 334 g/mol. The predicted molar refractivity (Wildman–Crippen MR) is 97.6 cm³/mol. The maximum absolute atomic E-state index is 12.6. The van der Waals surface area contributed by atoms with E-state index in [4.69, 9.17) is 15.2 Å². The Labute approximate surface area is 144 Å². The molecule has 0 spiro atoms. The van der Waals surface area contributed by atoms with Gasteiger partial charge in [0.2, 0.25) is 5.91 Å². The van der Waals surface area contributed by atoms with Crippen LogP contribution in [0.15, 0.2) is 12.1 Å². The van der Waals surface area contributed by atoms with Gasteiger partial charge in [-0.05, 0) is 31.6 Å². The molecular weight excluding hydrogens is 304 g/mol. The SMILES string of the molecule is CCCCC1CCC(C(=O)Nc2cc(OC)c(OC)cc2N)CC1. The zero-order valence-corrected chi connectivity index (χ0v) is 15.1. The average Bonchev–Trinajstić information content (AvgIpc) is 2.61. The van der Waals surface area contributed by atoms with Crippen LogP contribution in [0, 0.1) is 11.8 Å². The van der Waals surface area contributed by atoms with Crippen molar-refractivity contribution in [1.29, 1.82) is 0 Å². The van der Waals surface area contributed by atoms with Gasteiger partial charge in [0.1, 0.15) is 0 Å². The Bertz CT molecular complexity index is 552. The predicted octanol–water partition coefficient (Wildman–Crippen LogP) is 4.22. The number of nitrogens with one attached hydrogen (secondary N) is 1. The molecule has 1 aromatic carbocycles. The number of nitrogen functional groups attached to an aromatic ring is 1. The molecule has 0 radical (unpaired) electrons. The van der Waals surface area contributed by atoms with Crippen LogP contribution in [0.25, 0.3) is 0 Å². The molecular formula is C19H30N2O3. The van der Waals surface area contributed by atoms with E-state index in [1.54, 1.807) is 26.4 Å². The third-order valence-electron chi connectivity index (χ3n) is 5.00.